The summed E-state index contributed by atoms with van der Waals surface area (Å²) >= 11 is 0. The van der Waals surface area contributed by atoms with Gasteiger partial charge in [-0.15, -0.1) is 0 Å². The third kappa shape index (κ3) is 5.49. The molecule has 2 aromatic carbocycles. The first-order chi connectivity index (χ1) is 13.8. The molecule has 0 bridgehead atoms. The number of amides is 1. The molecule has 28 heavy (non-hydrogen) atoms. The second kappa shape index (κ2) is 9.11. The average Bonchev–Trinajstić information content (AvgIpc) is 3.58. The fourth-order valence-corrected chi connectivity index (χ4v) is 3.64. The number of nitrogens with zero attached hydrogens (tertiary/aromatic N) is 1. The summed E-state index contributed by atoms with van der Waals surface area (Å²) in [5.41, 5.74) is 1.13. The summed E-state index contributed by atoms with van der Waals surface area (Å²) in [7, 11) is 0. The van der Waals surface area contributed by atoms with Gasteiger partial charge < -0.3 is 19.7 Å². The minimum Gasteiger partial charge on any atom is -0.489 e. The maximum Gasteiger partial charge on any atom is 0.258 e. The highest BCUT2D eigenvalue weighted by atomic mass is 16.5. The highest BCUT2D eigenvalue weighted by molar-refractivity contribution is 5.77. The molecule has 0 spiro atoms. The van der Waals surface area contributed by atoms with Crippen LogP contribution in [0.1, 0.15) is 31.2 Å². The molecular weight excluding hydrogens is 352 g/mol. The van der Waals surface area contributed by atoms with Crippen molar-refractivity contribution in [1.82, 2.24) is 10.2 Å². The van der Waals surface area contributed by atoms with Crippen LogP contribution in [0, 0.1) is 0 Å². The van der Waals surface area contributed by atoms with Crippen LogP contribution < -0.4 is 14.8 Å². The van der Waals surface area contributed by atoms with Crippen LogP contribution in [0.4, 0.5) is 0 Å². The van der Waals surface area contributed by atoms with Gasteiger partial charge in [0.15, 0.2) is 6.61 Å². The number of carbonyl (C=O) groups is 1. The van der Waals surface area contributed by atoms with Crippen molar-refractivity contribution in [3.8, 4) is 11.5 Å². The van der Waals surface area contributed by atoms with Crippen LogP contribution >= 0.6 is 0 Å². The molecule has 1 heterocycles. The lowest BCUT2D eigenvalue weighted by atomic mass is 10.0. The number of rotatable bonds is 8. The highest BCUT2D eigenvalue weighted by Crippen LogP contribution is 2.29. The Kier molecular flexibility index (Phi) is 6.12. The van der Waals surface area contributed by atoms with Gasteiger partial charge in [-0.05, 0) is 55.5 Å². The van der Waals surface area contributed by atoms with Gasteiger partial charge >= 0.3 is 0 Å². The Morgan fingerprint density at radius 2 is 1.54 bits per heavy atom. The first-order valence-corrected chi connectivity index (χ1v) is 10.2. The smallest absolute Gasteiger partial charge is 0.258 e. The molecule has 1 N–H and O–H groups in total. The lowest BCUT2D eigenvalue weighted by Crippen LogP contribution is -2.46. The quantitative estimate of drug-likeness (QED) is 0.763. The largest absolute Gasteiger partial charge is 0.489 e. The van der Waals surface area contributed by atoms with E-state index in [1.165, 1.54) is 12.8 Å². The van der Waals surface area contributed by atoms with Crippen LogP contribution in [0.3, 0.4) is 0 Å². The first-order valence-electron chi connectivity index (χ1n) is 10.2. The third-order valence-electron chi connectivity index (χ3n) is 5.40. The van der Waals surface area contributed by atoms with Crippen LogP contribution in [-0.4, -0.2) is 42.6 Å². The molecule has 1 aliphatic heterocycles. The summed E-state index contributed by atoms with van der Waals surface area (Å²) in [5, 5.41) is 3.10. The number of hydrogen-bond donors (Lipinski definition) is 1. The van der Waals surface area contributed by atoms with Gasteiger partial charge in [0.05, 0.1) is 0 Å². The van der Waals surface area contributed by atoms with E-state index >= 15 is 0 Å². The van der Waals surface area contributed by atoms with Gasteiger partial charge in [-0.1, -0.05) is 30.3 Å². The molecule has 148 valence electrons. The lowest BCUT2D eigenvalue weighted by molar-refractivity contribution is -0.124. The predicted molar refractivity (Wildman–Crippen MR) is 108 cm³/mol. The Hall–Kier alpha value is -2.53. The number of ether oxygens (including phenoxy) is 2. The van der Waals surface area contributed by atoms with Crippen LogP contribution in [0.2, 0.25) is 0 Å². The van der Waals surface area contributed by atoms with E-state index < -0.39 is 0 Å². The van der Waals surface area contributed by atoms with E-state index in [0.717, 1.165) is 43.3 Å². The molecule has 1 amide bonds. The number of carbonyl (C=O) groups excluding carboxylic acids is 1. The monoisotopic (exact) mass is 380 g/mol. The van der Waals surface area contributed by atoms with E-state index in [-0.39, 0.29) is 18.6 Å². The normalized spacial score (nSPS) is 17.9. The molecule has 2 aliphatic rings. The zero-order valence-corrected chi connectivity index (χ0v) is 16.2. The molecule has 4 rings (SSSR count). The van der Waals surface area contributed by atoms with Gasteiger partial charge in [0.2, 0.25) is 0 Å². The van der Waals surface area contributed by atoms with Crippen LogP contribution in [0.5, 0.6) is 11.5 Å². The maximum atomic E-state index is 12.2. The van der Waals surface area contributed by atoms with E-state index in [1.807, 2.05) is 54.6 Å². The molecule has 0 aromatic heterocycles. The molecule has 5 heteroatoms. The van der Waals surface area contributed by atoms with E-state index in [2.05, 4.69) is 10.2 Å². The summed E-state index contributed by atoms with van der Waals surface area (Å²) in [6.45, 7) is 2.78. The van der Waals surface area contributed by atoms with Gasteiger partial charge in [-0.3, -0.25) is 4.79 Å². The van der Waals surface area contributed by atoms with Crippen LogP contribution in [0.15, 0.2) is 54.6 Å². The van der Waals surface area contributed by atoms with Gasteiger partial charge in [0.25, 0.3) is 5.91 Å². The summed E-state index contributed by atoms with van der Waals surface area (Å²) in [6.07, 6.45) is 4.77. The zero-order chi connectivity index (χ0) is 19.2. The molecule has 0 radical (unpaired) electrons. The fraction of sp³-hybridized carbons (Fsp3) is 0.435. The Balaban J connectivity index is 1.15. The van der Waals surface area contributed by atoms with Crippen molar-refractivity contribution in [2.24, 2.45) is 0 Å². The molecular formula is C23H28N2O3. The molecule has 2 aromatic rings. The average molecular weight is 380 g/mol. The van der Waals surface area contributed by atoms with Crippen molar-refractivity contribution in [3.05, 3.63) is 60.2 Å². The highest BCUT2D eigenvalue weighted by Gasteiger charge is 2.32. The van der Waals surface area contributed by atoms with Crippen LogP contribution in [-0.2, 0) is 11.4 Å². The minimum absolute atomic E-state index is 0.0470. The molecule has 2 fully saturated rings. The van der Waals surface area contributed by atoms with Gasteiger partial charge in [-0.2, -0.15) is 0 Å². The third-order valence-corrected chi connectivity index (χ3v) is 5.40. The van der Waals surface area contributed by atoms with Crippen molar-refractivity contribution in [2.45, 2.75) is 44.4 Å². The Morgan fingerprint density at radius 3 is 2.18 bits per heavy atom. The topological polar surface area (TPSA) is 50.8 Å². The summed E-state index contributed by atoms with van der Waals surface area (Å²) < 4.78 is 11.4. The lowest BCUT2D eigenvalue weighted by Gasteiger charge is -2.32. The molecule has 1 saturated heterocycles. The number of benzene rings is 2. The summed E-state index contributed by atoms with van der Waals surface area (Å²) in [6, 6.07) is 18.5. The number of nitrogens with one attached hydrogen (secondary N) is 1. The van der Waals surface area contributed by atoms with E-state index in [4.69, 9.17) is 9.47 Å². The van der Waals surface area contributed by atoms with E-state index in [1.54, 1.807) is 0 Å². The molecule has 1 saturated carbocycles. The zero-order valence-electron chi connectivity index (χ0n) is 16.2. The predicted octanol–water partition coefficient (Wildman–Crippen LogP) is 3.39. The van der Waals surface area contributed by atoms with E-state index in [9.17, 15) is 4.79 Å². The fourth-order valence-electron chi connectivity index (χ4n) is 3.64. The first kappa shape index (κ1) is 18.8. The number of hydrogen-bond acceptors (Lipinski definition) is 4. The summed E-state index contributed by atoms with van der Waals surface area (Å²) in [4.78, 5) is 14.7. The van der Waals surface area contributed by atoms with Crippen molar-refractivity contribution in [1.29, 1.82) is 0 Å². The number of piperidine rings is 1. The molecule has 1 aliphatic carbocycles. The summed E-state index contributed by atoms with van der Waals surface area (Å²) in [5.74, 6) is 1.41. The SMILES string of the molecule is O=C(COc1ccc(OCc2ccccc2)cc1)NC1CCN(C2CC2)CC1. The second-order valence-electron chi connectivity index (χ2n) is 7.64. The second-order valence-corrected chi connectivity index (χ2v) is 7.64. The standard InChI is InChI=1S/C23H28N2O3/c26-23(24-19-12-14-25(15-13-19)20-6-7-20)17-28-22-10-8-21(9-11-22)27-16-18-4-2-1-3-5-18/h1-5,8-11,19-20H,6-7,12-17H2,(H,24,26). The van der Waals surface area contributed by atoms with Crippen molar-refractivity contribution in [3.63, 3.8) is 0 Å². The van der Waals surface area contributed by atoms with Crippen molar-refractivity contribution in [2.75, 3.05) is 19.7 Å². The van der Waals surface area contributed by atoms with Gasteiger partial charge in [0.1, 0.15) is 18.1 Å². The molecule has 0 unspecified atom stereocenters. The minimum atomic E-state index is -0.0470. The Morgan fingerprint density at radius 1 is 0.893 bits per heavy atom. The van der Waals surface area contributed by atoms with Gasteiger partial charge in [-0.25, -0.2) is 0 Å². The van der Waals surface area contributed by atoms with Crippen molar-refractivity contribution >= 4 is 5.91 Å². The Bertz CT molecular complexity index is 751. The molecule has 5 nitrogen and oxygen atoms in total. The Labute approximate surface area is 166 Å². The molecule has 0 atom stereocenters. The number of likely N-dealkylation sites (tertiary alicyclic amines) is 1. The van der Waals surface area contributed by atoms with Gasteiger partial charge in [0, 0.05) is 25.2 Å². The van der Waals surface area contributed by atoms with Crippen molar-refractivity contribution < 1.29 is 14.3 Å². The maximum absolute atomic E-state index is 12.2. The van der Waals surface area contributed by atoms with Crippen LogP contribution in [0.25, 0.3) is 0 Å². The van der Waals surface area contributed by atoms with E-state index in [0.29, 0.717) is 12.4 Å².